The summed E-state index contributed by atoms with van der Waals surface area (Å²) >= 11 is 0. The Bertz CT molecular complexity index is 857. The van der Waals surface area contributed by atoms with Gasteiger partial charge in [0.15, 0.2) is 5.96 Å². The zero-order valence-electron chi connectivity index (χ0n) is 18.8. The second kappa shape index (κ2) is 10.1. The molecule has 0 bridgehead atoms. The minimum atomic E-state index is 0.0456. The van der Waals surface area contributed by atoms with Gasteiger partial charge in [-0.05, 0) is 43.9 Å². The number of aromatic nitrogens is 2. The average Bonchev–Trinajstić information content (AvgIpc) is 2.83. The van der Waals surface area contributed by atoms with Crippen LogP contribution in [0.2, 0.25) is 0 Å². The van der Waals surface area contributed by atoms with Crippen LogP contribution in [0.15, 0.2) is 47.7 Å². The fraction of sp³-hybridized carbons (Fsp3) is 0.542. The van der Waals surface area contributed by atoms with Crippen LogP contribution in [0.1, 0.15) is 30.9 Å². The van der Waals surface area contributed by atoms with Gasteiger partial charge >= 0.3 is 0 Å². The van der Waals surface area contributed by atoms with Crippen LogP contribution >= 0.6 is 0 Å². The van der Waals surface area contributed by atoms with Crippen LogP contribution in [0, 0.1) is 6.92 Å². The summed E-state index contributed by atoms with van der Waals surface area (Å²) in [5.74, 6) is 1.82. The van der Waals surface area contributed by atoms with E-state index in [4.69, 9.17) is 9.73 Å². The van der Waals surface area contributed by atoms with E-state index in [0.29, 0.717) is 0 Å². The fourth-order valence-electron chi connectivity index (χ4n) is 4.67. The smallest absolute Gasteiger partial charge is 0.225 e. The minimum absolute atomic E-state index is 0.0456. The molecular formula is C24H34N6O. The number of nitrogens with one attached hydrogen (secondary N) is 1. The van der Waals surface area contributed by atoms with Gasteiger partial charge in [0.05, 0.1) is 6.54 Å². The van der Waals surface area contributed by atoms with Crippen LogP contribution in [-0.2, 0) is 10.2 Å². The monoisotopic (exact) mass is 422 g/mol. The highest BCUT2D eigenvalue weighted by Gasteiger charge is 2.36. The summed E-state index contributed by atoms with van der Waals surface area (Å²) in [7, 11) is 0. The Hall–Kier alpha value is -2.67. The second-order valence-corrected chi connectivity index (χ2v) is 8.40. The molecule has 0 atom stereocenters. The molecule has 1 aromatic heterocycles. The molecule has 166 valence electrons. The van der Waals surface area contributed by atoms with Crippen LogP contribution in [-0.4, -0.2) is 73.3 Å². The number of piperazine rings is 1. The summed E-state index contributed by atoms with van der Waals surface area (Å²) in [6.07, 6.45) is 5.64. The molecule has 2 aliphatic heterocycles. The molecule has 7 nitrogen and oxygen atoms in total. The van der Waals surface area contributed by atoms with Crippen molar-refractivity contribution in [1.29, 1.82) is 0 Å². The van der Waals surface area contributed by atoms with Crippen molar-refractivity contribution in [2.75, 3.05) is 57.4 Å². The van der Waals surface area contributed by atoms with Crippen molar-refractivity contribution in [3.8, 4) is 0 Å². The van der Waals surface area contributed by atoms with E-state index in [-0.39, 0.29) is 5.41 Å². The molecule has 1 aromatic carbocycles. The fourth-order valence-corrected chi connectivity index (χ4v) is 4.67. The maximum absolute atomic E-state index is 5.72. The first-order valence-corrected chi connectivity index (χ1v) is 11.4. The molecule has 7 heteroatoms. The van der Waals surface area contributed by atoms with E-state index in [1.165, 1.54) is 11.1 Å². The molecular weight excluding hydrogens is 388 g/mol. The zero-order chi connectivity index (χ0) is 21.5. The van der Waals surface area contributed by atoms with Gasteiger partial charge in [-0.25, -0.2) is 9.97 Å². The number of anilines is 1. The molecule has 1 N–H and O–H groups in total. The van der Waals surface area contributed by atoms with Crippen molar-refractivity contribution in [2.45, 2.75) is 32.1 Å². The Kier molecular flexibility index (Phi) is 7.02. The van der Waals surface area contributed by atoms with Crippen molar-refractivity contribution < 1.29 is 4.74 Å². The van der Waals surface area contributed by atoms with E-state index in [1.807, 2.05) is 6.07 Å². The Morgan fingerprint density at radius 3 is 2.45 bits per heavy atom. The number of aryl methyl sites for hydroxylation is 1. The number of hydrogen-bond donors (Lipinski definition) is 1. The normalized spacial score (nSPS) is 19.4. The number of rotatable bonds is 5. The standard InChI is InChI=1S/C24H34N6O/c1-3-25-22(29-13-15-30(16-14-29)23-26-11-6-12-27-23)28-19-24(9-17-31-18-10-24)21-8-5-4-7-20(21)2/h4-8,11-12H,3,9-10,13-19H2,1-2H3,(H,25,28). The van der Waals surface area contributed by atoms with Gasteiger partial charge in [-0.3, -0.25) is 4.99 Å². The lowest BCUT2D eigenvalue weighted by Gasteiger charge is -2.39. The topological polar surface area (TPSA) is 65.9 Å². The third kappa shape index (κ3) is 4.98. The first-order chi connectivity index (χ1) is 15.2. The largest absolute Gasteiger partial charge is 0.381 e. The summed E-state index contributed by atoms with van der Waals surface area (Å²) in [6.45, 7) is 11.2. The highest BCUT2D eigenvalue weighted by atomic mass is 16.5. The van der Waals surface area contributed by atoms with Gasteiger partial charge in [0.25, 0.3) is 0 Å². The number of nitrogens with zero attached hydrogens (tertiary/aromatic N) is 5. The summed E-state index contributed by atoms with van der Waals surface area (Å²) in [5, 5.41) is 3.52. The molecule has 4 rings (SSSR count). The summed E-state index contributed by atoms with van der Waals surface area (Å²) in [5.41, 5.74) is 2.81. The van der Waals surface area contributed by atoms with Gasteiger partial charge < -0.3 is 19.9 Å². The first kappa shape index (κ1) is 21.6. The Labute approximate surface area is 185 Å². The van der Waals surface area contributed by atoms with E-state index < -0.39 is 0 Å². The van der Waals surface area contributed by atoms with E-state index in [2.05, 4.69) is 63.2 Å². The number of aliphatic imine (C=N–C) groups is 1. The summed E-state index contributed by atoms with van der Waals surface area (Å²) in [4.78, 5) is 18.6. The molecule has 0 radical (unpaired) electrons. The SMILES string of the molecule is CCNC(=NCC1(c2ccccc2C)CCOCC1)N1CCN(c2ncccn2)CC1. The quantitative estimate of drug-likeness (QED) is 0.590. The number of ether oxygens (including phenoxy) is 1. The van der Waals surface area contributed by atoms with Gasteiger partial charge in [0.2, 0.25) is 5.95 Å². The lowest BCUT2D eigenvalue weighted by atomic mass is 9.72. The predicted molar refractivity (Wildman–Crippen MR) is 125 cm³/mol. The Morgan fingerprint density at radius 2 is 1.77 bits per heavy atom. The van der Waals surface area contributed by atoms with Crippen LogP contribution in [0.25, 0.3) is 0 Å². The minimum Gasteiger partial charge on any atom is -0.381 e. The van der Waals surface area contributed by atoms with Crippen LogP contribution < -0.4 is 10.2 Å². The van der Waals surface area contributed by atoms with Crippen LogP contribution in [0.5, 0.6) is 0 Å². The van der Waals surface area contributed by atoms with E-state index in [0.717, 1.165) is 77.2 Å². The highest BCUT2D eigenvalue weighted by Crippen LogP contribution is 2.37. The first-order valence-electron chi connectivity index (χ1n) is 11.4. The average molecular weight is 423 g/mol. The van der Waals surface area contributed by atoms with Crippen molar-refractivity contribution in [3.63, 3.8) is 0 Å². The van der Waals surface area contributed by atoms with Gasteiger partial charge in [0, 0.05) is 63.7 Å². The lowest BCUT2D eigenvalue weighted by Crippen LogP contribution is -2.53. The second-order valence-electron chi connectivity index (χ2n) is 8.40. The molecule has 3 heterocycles. The number of benzene rings is 1. The predicted octanol–water partition coefficient (Wildman–Crippen LogP) is 2.62. The molecule has 2 fully saturated rings. The van der Waals surface area contributed by atoms with Gasteiger partial charge in [0.1, 0.15) is 0 Å². The highest BCUT2D eigenvalue weighted by molar-refractivity contribution is 5.80. The van der Waals surface area contributed by atoms with Crippen LogP contribution in [0.4, 0.5) is 5.95 Å². The molecule has 2 aliphatic rings. The van der Waals surface area contributed by atoms with Crippen LogP contribution in [0.3, 0.4) is 0 Å². The molecule has 0 aliphatic carbocycles. The molecule has 2 saturated heterocycles. The molecule has 0 saturated carbocycles. The molecule has 2 aromatic rings. The maximum Gasteiger partial charge on any atom is 0.225 e. The van der Waals surface area contributed by atoms with E-state index >= 15 is 0 Å². The maximum atomic E-state index is 5.72. The van der Waals surface area contributed by atoms with E-state index in [1.54, 1.807) is 12.4 Å². The lowest BCUT2D eigenvalue weighted by molar-refractivity contribution is 0.0528. The van der Waals surface area contributed by atoms with Gasteiger partial charge in [-0.15, -0.1) is 0 Å². The third-order valence-corrected chi connectivity index (χ3v) is 6.45. The Balaban J connectivity index is 1.49. The summed E-state index contributed by atoms with van der Waals surface area (Å²) in [6, 6.07) is 10.6. The van der Waals surface area contributed by atoms with E-state index in [9.17, 15) is 0 Å². The van der Waals surface area contributed by atoms with Crippen molar-refractivity contribution in [1.82, 2.24) is 20.2 Å². The number of hydrogen-bond acceptors (Lipinski definition) is 5. The number of guanidine groups is 1. The molecule has 31 heavy (non-hydrogen) atoms. The van der Waals surface area contributed by atoms with Crippen molar-refractivity contribution in [3.05, 3.63) is 53.9 Å². The van der Waals surface area contributed by atoms with Gasteiger partial charge in [-0.2, -0.15) is 0 Å². The zero-order valence-corrected chi connectivity index (χ0v) is 18.8. The summed E-state index contributed by atoms with van der Waals surface area (Å²) < 4.78 is 5.72. The third-order valence-electron chi connectivity index (χ3n) is 6.45. The molecule has 0 unspecified atom stereocenters. The van der Waals surface area contributed by atoms with Crippen molar-refractivity contribution >= 4 is 11.9 Å². The molecule has 0 spiro atoms. The van der Waals surface area contributed by atoms with Gasteiger partial charge in [-0.1, -0.05) is 24.3 Å². The molecule has 0 amide bonds. The van der Waals surface area contributed by atoms with Crippen molar-refractivity contribution in [2.24, 2.45) is 4.99 Å². The Morgan fingerprint density at radius 1 is 1.06 bits per heavy atom.